The number of hydrogen-bond acceptors (Lipinski definition) is 7. The Labute approximate surface area is 162 Å². The van der Waals surface area contributed by atoms with Crippen LogP contribution in [0.4, 0.5) is 0 Å². The van der Waals surface area contributed by atoms with Crippen molar-refractivity contribution in [2.75, 3.05) is 25.5 Å². The summed E-state index contributed by atoms with van der Waals surface area (Å²) in [5.74, 6) is 1.72. The van der Waals surface area contributed by atoms with Crippen LogP contribution < -0.4 is 10.1 Å². The van der Waals surface area contributed by atoms with E-state index in [0.29, 0.717) is 6.61 Å². The van der Waals surface area contributed by atoms with E-state index >= 15 is 0 Å². The average molecular weight is 385 g/mol. The van der Waals surface area contributed by atoms with Crippen molar-refractivity contribution in [2.24, 2.45) is 0 Å². The number of tetrazole rings is 1. The minimum atomic E-state index is 0.0268. The molecule has 3 rings (SSSR count). The highest BCUT2D eigenvalue weighted by molar-refractivity contribution is 7.99. The monoisotopic (exact) mass is 385 g/mol. The number of thioether (sulfide) groups is 1. The van der Waals surface area contributed by atoms with E-state index in [-0.39, 0.29) is 6.61 Å². The van der Waals surface area contributed by atoms with Gasteiger partial charge in [-0.15, -0.1) is 5.10 Å². The maximum absolute atomic E-state index is 8.75. The third kappa shape index (κ3) is 6.06. The molecular formula is C19H23N5O2S. The average Bonchev–Trinajstić information content (AvgIpc) is 3.19. The number of hydrogen-bond donors (Lipinski definition) is 2. The first-order valence-electron chi connectivity index (χ1n) is 8.87. The highest BCUT2D eigenvalue weighted by Crippen LogP contribution is 2.18. The van der Waals surface area contributed by atoms with Gasteiger partial charge in [-0.05, 0) is 53.2 Å². The van der Waals surface area contributed by atoms with Gasteiger partial charge in [-0.2, -0.15) is 4.68 Å². The van der Waals surface area contributed by atoms with E-state index in [2.05, 4.69) is 20.8 Å². The van der Waals surface area contributed by atoms with Crippen molar-refractivity contribution in [3.05, 3.63) is 60.2 Å². The van der Waals surface area contributed by atoms with Crippen LogP contribution in [0.3, 0.4) is 0 Å². The molecule has 2 aromatic carbocycles. The fraction of sp³-hybridized carbons (Fsp3) is 0.316. The summed E-state index contributed by atoms with van der Waals surface area (Å²) in [6, 6.07) is 17.8. The maximum atomic E-state index is 8.75. The third-order valence-electron chi connectivity index (χ3n) is 3.78. The number of aliphatic hydroxyl groups excluding tert-OH is 1. The lowest BCUT2D eigenvalue weighted by Crippen LogP contribution is -2.15. The number of aromatic nitrogens is 4. The summed E-state index contributed by atoms with van der Waals surface area (Å²) in [5.41, 5.74) is 2.17. The number of benzene rings is 2. The smallest absolute Gasteiger partial charge is 0.214 e. The van der Waals surface area contributed by atoms with Crippen molar-refractivity contribution in [1.29, 1.82) is 0 Å². The number of nitrogens with zero attached hydrogens (tertiary/aromatic N) is 4. The number of ether oxygens (including phenoxy) is 1. The molecule has 0 spiro atoms. The van der Waals surface area contributed by atoms with Crippen LogP contribution in [0, 0.1) is 0 Å². The molecule has 0 aliphatic rings. The molecule has 0 aliphatic heterocycles. The SMILES string of the molecule is OCCOc1ccc(CNCCCSc2nnnn2-c2ccccc2)cc1. The molecule has 8 heteroatoms. The highest BCUT2D eigenvalue weighted by Gasteiger charge is 2.08. The Morgan fingerprint density at radius 1 is 1.07 bits per heavy atom. The quantitative estimate of drug-likeness (QED) is 0.387. The van der Waals surface area contributed by atoms with Crippen LogP contribution in [0.15, 0.2) is 59.8 Å². The molecule has 0 radical (unpaired) electrons. The van der Waals surface area contributed by atoms with Gasteiger partial charge in [0.2, 0.25) is 5.16 Å². The zero-order valence-electron chi connectivity index (χ0n) is 15.0. The molecule has 7 nitrogen and oxygen atoms in total. The first-order chi connectivity index (χ1) is 13.4. The maximum Gasteiger partial charge on any atom is 0.214 e. The molecule has 0 aliphatic carbocycles. The number of nitrogens with one attached hydrogen (secondary N) is 1. The van der Waals surface area contributed by atoms with Gasteiger partial charge < -0.3 is 15.2 Å². The van der Waals surface area contributed by atoms with Crippen molar-refractivity contribution < 1.29 is 9.84 Å². The van der Waals surface area contributed by atoms with Crippen LogP contribution in [0.25, 0.3) is 5.69 Å². The van der Waals surface area contributed by atoms with Crippen LogP contribution in [0.1, 0.15) is 12.0 Å². The molecule has 142 valence electrons. The third-order valence-corrected chi connectivity index (χ3v) is 4.79. The topological polar surface area (TPSA) is 85.1 Å². The Bertz CT molecular complexity index is 795. The molecule has 0 unspecified atom stereocenters. The van der Waals surface area contributed by atoms with Crippen molar-refractivity contribution in [2.45, 2.75) is 18.1 Å². The second-order valence-electron chi connectivity index (χ2n) is 5.80. The fourth-order valence-electron chi connectivity index (χ4n) is 2.46. The molecule has 0 bridgehead atoms. The summed E-state index contributed by atoms with van der Waals surface area (Å²) in [4.78, 5) is 0. The molecule has 1 aromatic heterocycles. The summed E-state index contributed by atoms with van der Waals surface area (Å²) in [6.45, 7) is 2.08. The van der Waals surface area contributed by atoms with Gasteiger partial charge in [-0.1, -0.05) is 42.1 Å². The van der Waals surface area contributed by atoms with Crippen LogP contribution in [-0.2, 0) is 6.54 Å². The molecule has 0 fully saturated rings. The lowest BCUT2D eigenvalue weighted by atomic mass is 10.2. The first kappa shape index (κ1) is 19.3. The van der Waals surface area contributed by atoms with Crippen molar-refractivity contribution in [3.8, 4) is 11.4 Å². The van der Waals surface area contributed by atoms with E-state index in [4.69, 9.17) is 9.84 Å². The lowest BCUT2D eigenvalue weighted by Gasteiger charge is -2.07. The standard InChI is InChI=1S/C19H23N5O2S/c25-12-13-26-18-9-7-16(8-10-18)15-20-11-4-14-27-19-21-22-23-24(19)17-5-2-1-3-6-17/h1-3,5-10,20,25H,4,11-15H2. The van der Waals surface area contributed by atoms with E-state index in [9.17, 15) is 0 Å². The molecular weight excluding hydrogens is 362 g/mol. The number of para-hydroxylation sites is 1. The van der Waals surface area contributed by atoms with Gasteiger partial charge in [-0.3, -0.25) is 0 Å². The molecule has 0 saturated heterocycles. The largest absolute Gasteiger partial charge is 0.491 e. The lowest BCUT2D eigenvalue weighted by molar-refractivity contribution is 0.201. The molecule has 0 saturated carbocycles. The van der Waals surface area contributed by atoms with Gasteiger partial charge in [0.15, 0.2) is 0 Å². The zero-order chi connectivity index (χ0) is 18.7. The zero-order valence-corrected chi connectivity index (χ0v) is 15.8. The van der Waals surface area contributed by atoms with E-state index < -0.39 is 0 Å². The Balaban J connectivity index is 1.35. The summed E-state index contributed by atoms with van der Waals surface area (Å²) in [7, 11) is 0. The van der Waals surface area contributed by atoms with Gasteiger partial charge in [-0.25, -0.2) is 0 Å². The summed E-state index contributed by atoms with van der Waals surface area (Å²) >= 11 is 1.65. The Morgan fingerprint density at radius 3 is 2.67 bits per heavy atom. The first-order valence-corrected chi connectivity index (χ1v) is 9.85. The molecule has 0 amide bonds. The summed E-state index contributed by atoms with van der Waals surface area (Å²) in [5, 5.41) is 24.9. The minimum Gasteiger partial charge on any atom is -0.491 e. The Kier molecular flexibility index (Phi) is 7.64. The van der Waals surface area contributed by atoms with Gasteiger partial charge in [0, 0.05) is 12.3 Å². The highest BCUT2D eigenvalue weighted by atomic mass is 32.2. The Morgan fingerprint density at radius 2 is 1.89 bits per heavy atom. The summed E-state index contributed by atoms with van der Waals surface area (Å²) in [6.07, 6.45) is 1.02. The minimum absolute atomic E-state index is 0.0268. The van der Waals surface area contributed by atoms with Crippen LogP contribution in [0.2, 0.25) is 0 Å². The van der Waals surface area contributed by atoms with Gasteiger partial charge >= 0.3 is 0 Å². The van der Waals surface area contributed by atoms with Crippen LogP contribution in [-0.4, -0.2) is 50.8 Å². The molecule has 2 N–H and O–H groups in total. The number of rotatable bonds is 11. The van der Waals surface area contributed by atoms with Crippen molar-refractivity contribution in [3.63, 3.8) is 0 Å². The van der Waals surface area contributed by atoms with E-state index in [0.717, 1.165) is 41.9 Å². The van der Waals surface area contributed by atoms with Gasteiger partial charge in [0.25, 0.3) is 0 Å². The second kappa shape index (κ2) is 10.7. The van der Waals surface area contributed by atoms with Crippen LogP contribution in [0.5, 0.6) is 5.75 Å². The van der Waals surface area contributed by atoms with Crippen molar-refractivity contribution in [1.82, 2.24) is 25.5 Å². The van der Waals surface area contributed by atoms with Gasteiger partial charge in [0.05, 0.1) is 12.3 Å². The van der Waals surface area contributed by atoms with E-state index in [1.165, 1.54) is 5.56 Å². The second-order valence-corrected chi connectivity index (χ2v) is 6.87. The molecule has 0 atom stereocenters. The predicted octanol–water partition coefficient (Wildman–Crippen LogP) is 2.31. The molecule has 27 heavy (non-hydrogen) atoms. The van der Waals surface area contributed by atoms with Crippen molar-refractivity contribution >= 4 is 11.8 Å². The van der Waals surface area contributed by atoms with E-state index in [1.807, 2.05) is 54.6 Å². The fourth-order valence-corrected chi connectivity index (χ4v) is 3.29. The predicted molar refractivity (Wildman–Crippen MR) is 105 cm³/mol. The number of aliphatic hydroxyl groups is 1. The van der Waals surface area contributed by atoms with E-state index in [1.54, 1.807) is 16.4 Å². The molecule has 3 aromatic rings. The summed E-state index contributed by atoms with van der Waals surface area (Å²) < 4.78 is 7.12. The normalized spacial score (nSPS) is 10.9. The van der Waals surface area contributed by atoms with Crippen LogP contribution >= 0.6 is 11.8 Å². The Hall–Kier alpha value is -2.42. The van der Waals surface area contributed by atoms with Gasteiger partial charge in [0.1, 0.15) is 12.4 Å². The molecule has 1 heterocycles.